The fourth-order valence-electron chi connectivity index (χ4n) is 4.30. The van der Waals surface area contributed by atoms with Gasteiger partial charge >= 0.3 is 0 Å². The smallest absolute Gasteiger partial charge is 0.222 e. The molecular formula is C19H27FN2O2. The molecule has 24 heavy (non-hydrogen) atoms. The Kier molecular flexibility index (Phi) is 5.21. The summed E-state index contributed by atoms with van der Waals surface area (Å²) in [7, 11) is 2.10. The van der Waals surface area contributed by atoms with Crippen LogP contribution < -0.4 is 0 Å². The number of nitrogens with zero attached hydrogens (tertiary/aromatic N) is 2. The van der Waals surface area contributed by atoms with Gasteiger partial charge in [-0.3, -0.25) is 4.79 Å². The molecule has 3 rings (SSSR count). The van der Waals surface area contributed by atoms with E-state index in [1.807, 2.05) is 4.90 Å². The number of likely N-dealkylation sites (tertiary alicyclic amines) is 2. The third-order valence-electron chi connectivity index (χ3n) is 5.91. The summed E-state index contributed by atoms with van der Waals surface area (Å²) in [6.07, 6.45) is 4.14. The van der Waals surface area contributed by atoms with Crippen molar-refractivity contribution in [2.24, 2.45) is 5.41 Å². The molecule has 1 aromatic rings. The van der Waals surface area contributed by atoms with Crippen LogP contribution in [0.2, 0.25) is 0 Å². The molecule has 0 saturated carbocycles. The van der Waals surface area contributed by atoms with Gasteiger partial charge in [0.05, 0.1) is 6.61 Å². The van der Waals surface area contributed by atoms with Crippen molar-refractivity contribution < 1.29 is 14.3 Å². The van der Waals surface area contributed by atoms with E-state index < -0.39 is 0 Å². The van der Waals surface area contributed by atoms with Crippen molar-refractivity contribution in [3.8, 4) is 0 Å². The van der Waals surface area contributed by atoms with Gasteiger partial charge in [-0.25, -0.2) is 4.39 Å². The number of likely N-dealkylation sites (N-methyl/N-ethyl adjacent to an activating group) is 1. The van der Waals surface area contributed by atoms with Gasteiger partial charge in [0, 0.05) is 31.0 Å². The molecule has 1 N–H and O–H groups in total. The number of piperidine rings is 2. The number of aliphatic hydroxyl groups excluding tert-OH is 1. The van der Waals surface area contributed by atoms with Crippen LogP contribution in [0.3, 0.4) is 0 Å². The lowest BCUT2D eigenvalue weighted by Crippen LogP contribution is -2.62. The van der Waals surface area contributed by atoms with Crippen molar-refractivity contribution in [3.05, 3.63) is 35.6 Å². The summed E-state index contributed by atoms with van der Waals surface area (Å²) < 4.78 is 12.9. The molecule has 0 radical (unpaired) electrons. The monoisotopic (exact) mass is 334 g/mol. The van der Waals surface area contributed by atoms with Crippen LogP contribution in [0.1, 0.15) is 31.2 Å². The number of aryl methyl sites for hydroxylation is 1. The van der Waals surface area contributed by atoms with Crippen molar-refractivity contribution in [1.29, 1.82) is 0 Å². The Bertz CT molecular complexity index is 577. The third kappa shape index (κ3) is 3.47. The second-order valence-electron chi connectivity index (χ2n) is 7.34. The van der Waals surface area contributed by atoms with Gasteiger partial charge in [-0.15, -0.1) is 0 Å². The number of rotatable bonds is 4. The maximum atomic E-state index is 12.9. The summed E-state index contributed by atoms with van der Waals surface area (Å²) in [6.45, 7) is 2.68. The number of benzene rings is 1. The maximum Gasteiger partial charge on any atom is 0.222 e. The number of halogens is 1. The fourth-order valence-corrected chi connectivity index (χ4v) is 4.30. The summed E-state index contributed by atoms with van der Waals surface area (Å²) >= 11 is 0. The first-order valence-electron chi connectivity index (χ1n) is 8.87. The molecule has 0 aliphatic carbocycles. The zero-order valence-electron chi connectivity index (χ0n) is 14.4. The first-order chi connectivity index (χ1) is 11.5. The Morgan fingerprint density at radius 2 is 2.04 bits per heavy atom. The van der Waals surface area contributed by atoms with E-state index in [-0.39, 0.29) is 29.8 Å². The van der Waals surface area contributed by atoms with Gasteiger partial charge in [0.2, 0.25) is 5.91 Å². The Hall–Kier alpha value is -1.46. The first-order valence-corrected chi connectivity index (χ1v) is 8.87. The number of carbonyl (C=O) groups is 1. The average molecular weight is 334 g/mol. The van der Waals surface area contributed by atoms with Gasteiger partial charge in [0.1, 0.15) is 5.82 Å². The molecule has 4 nitrogen and oxygen atoms in total. The van der Waals surface area contributed by atoms with Crippen LogP contribution in [0.25, 0.3) is 0 Å². The molecule has 1 aromatic carbocycles. The quantitative estimate of drug-likeness (QED) is 0.917. The summed E-state index contributed by atoms with van der Waals surface area (Å²) in [5, 5.41) is 9.93. The molecule has 2 aliphatic heterocycles. The van der Waals surface area contributed by atoms with Crippen LogP contribution in [0.4, 0.5) is 4.39 Å². The Morgan fingerprint density at radius 1 is 1.29 bits per heavy atom. The van der Waals surface area contributed by atoms with E-state index in [1.54, 1.807) is 12.1 Å². The second-order valence-corrected chi connectivity index (χ2v) is 7.34. The van der Waals surface area contributed by atoms with Gasteiger partial charge in [-0.05, 0) is 57.0 Å². The van der Waals surface area contributed by atoms with Crippen LogP contribution in [-0.2, 0) is 11.2 Å². The Morgan fingerprint density at radius 3 is 2.75 bits per heavy atom. The van der Waals surface area contributed by atoms with Gasteiger partial charge in [0.25, 0.3) is 0 Å². The van der Waals surface area contributed by atoms with Gasteiger partial charge in [-0.1, -0.05) is 12.1 Å². The molecule has 0 unspecified atom stereocenters. The molecule has 0 spiro atoms. The minimum Gasteiger partial charge on any atom is -0.396 e. The van der Waals surface area contributed by atoms with Crippen molar-refractivity contribution in [2.75, 3.05) is 33.3 Å². The molecule has 2 saturated heterocycles. The number of aliphatic hydroxyl groups is 1. The minimum absolute atomic E-state index is 0.0409. The number of hydrogen-bond donors (Lipinski definition) is 1. The van der Waals surface area contributed by atoms with Gasteiger partial charge in [-0.2, -0.15) is 0 Å². The van der Waals surface area contributed by atoms with Crippen LogP contribution >= 0.6 is 0 Å². The van der Waals surface area contributed by atoms with Crippen molar-refractivity contribution in [3.63, 3.8) is 0 Å². The van der Waals surface area contributed by atoms with E-state index in [1.165, 1.54) is 12.1 Å². The Labute approximate surface area is 143 Å². The van der Waals surface area contributed by atoms with Crippen LogP contribution in [0, 0.1) is 11.2 Å². The molecular weight excluding hydrogens is 307 g/mol. The zero-order chi connectivity index (χ0) is 17.2. The first kappa shape index (κ1) is 17.4. The highest BCUT2D eigenvalue weighted by Crippen LogP contribution is 2.41. The number of carbonyl (C=O) groups excluding carboxylic acids is 1. The third-order valence-corrected chi connectivity index (χ3v) is 5.91. The van der Waals surface area contributed by atoms with E-state index >= 15 is 0 Å². The van der Waals surface area contributed by atoms with Gasteiger partial charge in [0.15, 0.2) is 0 Å². The highest BCUT2D eigenvalue weighted by molar-refractivity contribution is 5.76. The zero-order valence-corrected chi connectivity index (χ0v) is 14.4. The van der Waals surface area contributed by atoms with Crippen LogP contribution in [0.15, 0.2) is 24.3 Å². The van der Waals surface area contributed by atoms with E-state index in [0.717, 1.165) is 37.9 Å². The molecule has 2 heterocycles. The normalized spacial score (nSPS) is 27.8. The summed E-state index contributed by atoms with van der Waals surface area (Å²) in [4.78, 5) is 16.8. The molecule has 2 fully saturated rings. The van der Waals surface area contributed by atoms with Crippen molar-refractivity contribution >= 4 is 5.91 Å². The lowest BCUT2D eigenvalue weighted by atomic mass is 9.69. The molecule has 0 aromatic heterocycles. The standard InChI is InChI=1S/C19H27FN2O2/c1-21-11-2-9-19(14-23)10-12-22(13-17(19)21)18(24)8-5-15-3-6-16(20)7-4-15/h3-4,6-7,17,23H,2,5,8-14H2,1H3/t17-,19-/m1/s1. The highest BCUT2D eigenvalue weighted by atomic mass is 19.1. The van der Waals surface area contributed by atoms with Crippen molar-refractivity contribution in [1.82, 2.24) is 9.80 Å². The van der Waals surface area contributed by atoms with Crippen LogP contribution in [0.5, 0.6) is 0 Å². The predicted molar refractivity (Wildman–Crippen MR) is 91.1 cm³/mol. The molecule has 132 valence electrons. The highest BCUT2D eigenvalue weighted by Gasteiger charge is 2.47. The lowest BCUT2D eigenvalue weighted by molar-refractivity contribution is -0.139. The average Bonchev–Trinajstić information content (AvgIpc) is 2.61. The number of amides is 1. The van der Waals surface area contributed by atoms with Gasteiger partial charge < -0.3 is 14.9 Å². The van der Waals surface area contributed by atoms with E-state index in [4.69, 9.17) is 0 Å². The maximum absolute atomic E-state index is 12.9. The molecule has 1 amide bonds. The predicted octanol–water partition coefficient (Wildman–Crippen LogP) is 2.06. The van der Waals surface area contributed by atoms with E-state index in [9.17, 15) is 14.3 Å². The SMILES string of the molecule is CN1CCC[C@]2(CO)CCN(C(=O)CCc3ccc(F)cc3)C[C@@H]12. The van der Waals surface area contributed by atoms with Crippen molar-refractivity contribution in [2.45, 2.75) is 38.1 Å². The molecule has 0 bridgehead atoms. The van der Waals surface area contributed by atoms with Crippen LogP contribution in [-0.4, -0.2) is 60.1 Å². The topological polar surface area (TPSA) is 43.8 Å². The largest absolute Gasteiger partial charge is 0.396 e. The summed E-state index contributed by atoms with van der Waals surface area (Å²) in [5.41, 5.74) is 0.946. The van der Waals surface area contributed by atoms with E-state index in [2.05, 4.69) is 11.9 Å². The second kappa shape index (κ2) is 7.19. The fraction of sp³-hybridized carbons (Fsp3) is 0.632. The number of hydrogen-bond acceptors (Lipinski definition) is 3. The molecule has 5 heteroatoms. The van der Waals surface area contributed by atoms with E-state index in [0.29, 0.717) is 19.4 Å². The minimum atomic E-state index is -0.248. The molecule has 2 aliphatic rings. The lowest BCUT2D eigenvalue weighted by Gasteiger charge is -2.53. The molecule has 2 atom stereocenters. The Balaban J connectivity index is 1.59. The summed E-state index contributed by atoms with van der Waals surface area (Å²) in [5.74, 6) is -0.0911. The summed E-state index contributed by atoms with van der Waals surface area (Å²) in [6, 6.07) is 6.61. The number of fused-ring (bicyclic) bond motifs is 1.